The van der Waals surface area contributed by atoms with Gasteiger partial charge in [0.1, 0.15) is 5.76 Å². The molecular formula is C14H26O2Si3. The first-order valence-corrected chi connectivity index (χ1v) is 14.5. The van der Waals surface area contributed by atoms with Crippen LogP contribution in [0.1, 0.15) is 5.56 Å². The molecule has 0 bridgehead atoms. The topological polar surface area (TPSA) is 18.5 Å². The molecule has 0 fully saturated rings. The van der Waals surface area contributed by atoms with Crippen LogP contribution < -0.4 is 0 Å². The average molecular weight is 311 g/mol. The third-order valence-corrected chi connectivity index (χ3v) is 5.02. The summed E-state index contributed by atoms with van der Waals surface area (Å²) in [6.45, 7) is 13.3. The molecule has 0 atom stereocenters. The zero-order valence-corrected chi connectivity index (χ0v) is 17.2. The van der Waals surface area contributed by atoms with Crippen LogP contribution in [0.25, 0.3) is 5.76 Å². The van der Waals surface area contributed by atoms with E-state index in [0.29, 0.717) is 0 Å². The molecule has 0 aliphatic carbocycles. The van der Waals surface area contributed by atoms with Gasteiger partial charge < -0.3 is 8.85 Å². The van der Waals surface area contributed by atoms with Crippen LogP contribution in [0.2, 0.25) is 39.3 Å². The van der Waals surface area contributed by atoms with Crippen molar-refractivity contribution < 1.29 is 8.85 Å². The molecule has 0 aliphatic heterocycles. The number of hydrogen-bond donors (Lipinski definition) is 0. The van der Waals surface area contributed by atoms with Crippen LogP contribution in [0.15, 0.2) is 35.7 Å². The summed E-state index contributed by atoms with van der Waals surface area (Å²) >= 11 is 0. The maximum atomic E-state index is 6.28. The van der Waals surface area contributed by atoms with Gasteiger partial charge in [0, 0.05) is 5.56 Å². The molecule has 106 valence electrons. The van der Waals surface area contributed by atoms with Crippen LogP contribution in [0.4, 0.5) is 0 Å². The number of hydrogen-bond acceptors (Lipinski definition) is 2. The molecule has 0 aromatic heterocycles. The first-order chi connectivity index (χ1) is 8.58. The molecule has 0 heterocycles. The van der Waals surface area contributed by atoms with Crippen molar-refractivity contribution in [1.82, 2.24) is 0 Å². The highest BCUT2D eigenvalue weighted by Gasteiger charge is 2.23. The normalized spacial score (nSPS) is 14.0. The molecule has 19 heavy (non-hydrogen) atoms. The van der Waals surface area contributed by atoms with E-state index in [1.54, 1.807) is 0 Å². The molecule has 2 nitrogen and oxygen atoms in total. The Bertz CT molecular complexity index is 442. The van der Waals surface area contributed by atoms with E-state index in [9.17, 15) is 0 Å². The Morgan fingerprint density at radius 1 is 0.842 bits per heavy atom. The summed E-state index contributed by atoms with van der Waals surface area (Å²) in [5, 5.41) is 1.05. The first kappa shape index (κ1) is 16.3. The summed E-state index contributed by atoms with van der Waals surface area (Å²) in [4.78, 5) is 0. The van der Waals surface area contributed by atoms with Gasteiger partial charge in [0.15, 0.2) is 0 Å². The number of benzene rings is 1. The van der Waals surface area contributed by atoms with E-state index >= 15 is 0 Å². The minimum absolute atomic E-state index is 0.871. The summed E-state index contributed by atoms with van der Waals surface area (Å²) in [5.74, 6) is 0.967. The van der Waals surface area contributed by atoms with E-state index < -0.39 is 16.6 Å². The molecule has 0 saturated carbocycles. The van der Waals surface area contributed by atoms with Gasteiger partial charge >= 0.3 is 0 Å². The quantitative estimate of drug-likeness (QED) is 0.613. The van der Waals surface area contributed by atoms with E-state index in [0.717, 1.165) is 26.9 Å². The smallest absolute Gasteiger partial charge is 0.242 e. The Kier molecular flexibility index (Phi) is 5.23. The zero-order chi connectivity index (χ0) is 14.7. The lowest BCUT2D eigenvalue weighted by Gasteiger charge is -2.27. The lowest BCUT2D eigenvalue weighted by molar-refractivity contribution is 0.424. The van der Waals surface area contributed by atoms with Crippen molar-refractivity contribution in [1.29, 1.82) is 0 Å². The van der Waals surface area contributed by atoms with Gasteiger partial charge in [-0.3, -0.25) is 0 Å². The lowest BCUT2D eigenvalue weighted by atomic mass is 10.2. The van der Waals surface area contributed by atoms with Crippen LogP contribution in [0, 0.1) is 0 Å². The van der Waals surface area contributed by atoms with Gasteiger partial charge in [-0.2, -0.15) is 0 Å². The van der Waals surface area contributed by atoms with Crippen LogP contribution in [-0.4, -0.2) is 26.9 Å². The fraction of sp³-hybridized carbons (Fsp3) is 0.429. The van der Waals surface area contributed by atoms with Gasteiger partial charge in [0.25, 0.3) is 0 Å². The summed E-state index contributed by atoms with van der Waals surface area (Å²) < 4.78 is 12.5. The van der Waals surface area contributed by atoms with Crippen LogP contribution in [0.3, 0.4) is 0 Å². The average Bonchev–Trinajstić information content (AvgIpc) is 2.23. The molecule has 0 saturated heterocycles. The summed E-state index contributed by atoms with van der Waals surface area (Å²) in [7, 11) is -2.35. The molecule has 1 aromatic rings. The third kappa shape index (κ3) is 6.27. The zero-order valence-electron chi connectivity index (χ0n) is 13.2. The van der Waals surface area contributed by atoms with Crippen molar-refractivity contribution in [2.24, 2.45) is 0 Å². The van der Waals surface area contributed by atoms with Crippen molar-refractivity contribution in [3.8, 4) is 0 Å². The third-order valence-electron chi connectivity index (χ3n) is 2.22. The fourth-order valence-electron chi connectivity index (χ4n) is 1.74. The summed E-state index contributed by atoms with van der Waals surface area (Å²) in [6, 6.07) is 10.3. The van der Waals surface area contributed by atoms with Crippen molar-refractivity contribution in [3.05, 3.63) is 41.3 Å². The Morgan fingerprint density at radius 2 is 1.32 bits per heavy atom. The predicted molar refractivity (Wildman–Crippen MR) is 92.2 cm³/mol. The molecule has 0 unspecified atom stereocenters. The summed E-state index contributed by atoms with van der Waals surface area (Å²) in [6.07, 6.45) is 0. The molecule has 0 spiro atoms. The van der Waals surface area contributed by atoms with Crippen LogP contribution in [0.5, 0.6) is 0 Å². The second kappa shape index (κ2) is 6.11. The summed E-state index contributed by atoms with van der Waals surface area (Å²) in [5.41, 5.74) is 1.13. The first-order valence-electron chi connectivity index (χ1n) is 6.73. The Hall–Kier alpha value is -0.789. The van der Waals surface area contributed by atoms with Gasteiger partial charge in [-0.05, 0) is 39.3 Å². The molecular weight excluding hydrogens is 284 g/mol. The molecule has 0 radical (unpaired) electrons. The SMILES string of the molecule is C[Si](C)(C)OC([SiH3])=C(O[Si](C)(C)C)c1ccccc1. The molecule has 0 N–H and O–H groups in total. The van der Waals surface area contributed by atoms with Crippen molar-refractivity contribution in [2.75, 3.05) is 0 Å². The number of rotatable bonds is 5. The standard InChI is InChI=1S/C14H26O2Si3/c1-18(2,3)15-13(12-10-8-7-9-11-12)14(17)16-19(4,5)6/h7-11H,1-6,17H3. The Balaban J connectivity index is 3.16. The monoisotopic (exact) mass is 310 g/mol. The second-order valence-electron chi connectivity index (χ2n) is 6.68. The Morgan fingerprint density at radius 3 is 1.74 bits per heavy atom. The Labute approximate surface area is 122 Å². The second-order valence-corrected chi connectivity index (χ2v) is 16.4. The molecule has 1 rings (SSSR count). The van der Waals surface area contributed by atoms with Crippen LogP contribution in [-0.2, 0) is 8.85 Å². The van der Waals surface area contributed by atoms with Crippen molar-refractivity contribution in [3.63, 3.8) is 0 Å². The minimum Gasteiger partial charge on any atom is -0.549 e. The molecule has 0 aliphatic rings. The highest BCUT2D eigenvalue weighted by atomic mass is 28.4. The maximum absolute atomic E-state index is 6.28. The van der Waals surface area contributed by atoms with Gasteiger partial charge in [-0.1, -0.05) is 30.3 Å². The highest BCUT2D eigenvalue weighted by Crippen LogP contribution is 2.25. The van der Waals surface area contributed by atoms with E-state index in [-0.39, 0.29) is 0 Å². The van der Waals surface area contributed by atoms with Gasteiger partial charge in [-0.15, -0.1) is 0 Å². The molecule has 1 aromatic carbocycles. The highest BCUT2D eigenvalue weighted by molar-refractivity contribution is 6.71. The van der Waals surface area contributed by atoms with Gasteiger partial charge in [0.2, 0.25) is 16.6 Å². The van der Waals surface area contributed by atoms with Crippen molar-refractivity contribution >= 4 is 32.6 Å². The molecule has 0 amide bonds. The van der Waals surface area contributed by atoms with E-state index in [1.165, 1.54) is 0 Å². The maximum Gasteiger partial charge on any atom is 0.242 e. The van der Waals surface area contributed by atoms with E-state index in [1.807, 2.05) is 18.2 Å². The predicted octanol–water partition coefficient (Wildman–Crippen LogP) is 3.38. The lowest BCUT2D eigenvalue weighted by Crippen LogP contribution is -2.29. The van der Waals surface area contributed by atoms with E-state index in [4.69, 9.17) is 8.85 Å². The van der Waals surface area contributed by atoms with Gasteiger partial charge in [-0.25, -0.2) is 0 Å². The van der Waals surface area contributed by atoms with Crippen LogP contribution >= 0.6 is 0 Å². The van der Waals surface area contributed by atoms with Gasteiger partial charge in [0.05, 0.1) is 15.6 Å². The fourth-order valence-corrected chi connectivity index (χ4v) is 6.05. The molecule has 5 heteroatoms. The van der Waals surface area contributed by atoms with E-state index in [2.05, 4.69) is 51.4 Å². The van der Waals surface area contributed by atoms with Crippen molar-refractivity contribution in [2.45, 2.75) is 39.3 Å². The minimum atomic E-state index is -1.64. The largest absolute Gasteiger partial charge is 0.549 e.